The average Bonchev–Trinajstić information content (AvgIpc) is 2.31. The lowest BCUT2D eigenvalue weighted by Gasteiger charge is -2.12. The van der Waals surface area contributed by atoms with Crippen LogP contribution in [0.1, 0.15) is 6.42 Å². The number of amides is 1. The normalized spacial score (nSPS) is 9.88. The van der Waals surface area contributed by atoms with E-state index in [4.69, 9.17) is 16.3 Å². The number of nitrogens with zero attached hydrogens (tertiary/aromatic N) is 1. The summed E-state index contributed by atoms with van der Waals surface area (Å²) in [6.07, 6.45) is 0.431. The third-order valence-electron chi connectivity index (χ3n) is 2.33. The van der Waals surface area contributed by atoms with Gasteiger partial charge in [-0.25, -0.2) is 0 Å². The van der Waals surface area contributed by atoms with Gasteiger partial charge < -0.3 is 15.0 Å². The highest BCUT2D eigenvalue weighted by Gasteiger charge is 2.05. The fraction of sp³-hybridized carbons (Fsp3) is 0.417. The monoisotopic (exact) mass is 256 g/mol. The van der Waals surface area contributed by atoms with Crippen LogP contribution in [0.15, 0.2) is 18.2 Å². The highest BCUT2D eigenvalue weighted by Crippen LogP contribution is 2.26. The van der Waals surface area contributed by atoms with Gasteiger partial charge in [-0.05, 0) is 12.1 Å². The number of anilines is 1. The molecule has 0 atom stereocenters. The Labute approximate surface area is 107 Å². The SMILES string of the molecule is COc1ccc(Cl)c(NCCC(=O)N(C)C)c1. The number of carbonyl (C=O) groups excluding carboxylic acids is 1. The van der Waals surface area contributed by atoms with Crippen LogP contribution < -0.4 is 10.1 Å². The van der Waals surface area contributed by atoms with Gasteiger partial charge in [0.2, 0.25) is 5.91 Å². The first-order chi connectivity index (χ1) is 8.04. The fourth-order valence-corrected chi connectivity index (χ4v) is 1.48. The molecular formula is C12H17ClN2O2. The lowest BCUT2D eigenvalue weighted by atomic mass is 10.3. The molecule has 0 saturated heterocycles. The molecule has 0 unspecified atom stereocenters. The summed E-state index contributed by atoms with van der Waals surface area (Å²) in [6.45, 7) is 0.546. The highest BCUT2D eigenvalue weighted by molar-refractivity contribution is 6.33. The molecule has 5 heteroatoms. The van der Waals surface area contributed by atoms with Crippen molar-refractivity contribution >= 4 is 23.2 Å². The van der Waals surface area contributed by atoms with Gasteiger partial charge in [-0.3, -0.25) is 4.79 Å². The molecule has 0 heterocycles. The number of methoxy groups -OCH3 is 1. The van der Waals surface area contributed by atoms with Gasteiger partial charge in [-0.2, -0.15) is 0 Å². The lowest BCUT2D eigenvalue weighted by Crippen LogP contribution is -2.23. The Morgan fingerprint density at radius 2 is 2.18 bits per heavy atom. The summed E-state index contributed by atoms with van der Waals surface area (Å²) in [7, 11) is 5.07. The van der Waals surface area contributed by atoms with E-state index in [9.17, 15) is 4.79 Å². The predicted octanol–water partition coefficient (Wildman–Crippen LogP) is 2.24. The van der Waals surface area contributed by atoms with Gasteiger partial charge in [0.15, 0.2) is 0 Å². The van der Waals surface area contributed by atoms with Crippen molar-refractivity contribution in [2.75, 3.05) is 33.1 Å². The zero-order chi connectivity index (χ0) is 12.8. The van der Waals surface area contributed by atoms with E-state index in [1.807, 2.05) is 6.07 Å². The summed E-state index contributed by atoms with van der Waals surface area (Å²) in [6, 6.07) is 5.36. The maximum absolute atomic E-state index is 11.4. The van der Waals surface area contributed by atoms with Crippen LogP contribution in [0.5, 0.6) is 5.75 Å². The van der Waals surface area contributed by atoms with Crippen molar-refractivity contribution in [1.29, 1.82) is 0 Å². The first-order valence-corrected chi connectivity index (χ1v) is 5.70. The number of ether oxygens (including phenoxy) is 1. The minimum atomic E-state index is 0.0801. The van der Waals surface area contributed by atoms with Crippen molar-refractivity contribution in [3.8, 4) is 5.75 Å². The van der Waals surface area contributed by atoms with Crippen LogP contribution in [0.25, 0.3) is 0 Å². The molecule has 1 rings (SSSR count). The van der Waals surface area contributed by atoms with Crippen molar-refractivity contribution in [3.05, 3.63) is 23.2 Å². The largest absolute Gasteiger partial charge is 0.497 e. The van der Waals surface area contributed by atoms with Crippen LogP contribution in [-0.2, 0) is 4.79 Å². The van der Waals surface area contributed by atoms with Crippen molar-refractivity contribution in [2.24, 2.45) is 0 Å². The summed E-state index contributed by atoms with van der Waals surface area (Å²) < 4.78 is 5.10. The third kappa shape index (κ3) is 4.15. The van der Waals surface area contributed by atoms with Gasteiger partial charge in [-0.15, -0.1) is 0 Å². The van der Waals surface area contributed by atoms with Gasteiger partial charge in [-0.1, -0.05) is 11.6 Å². The van der Waals surface area contributed by atoms with Crippen molar-refractivity contribution in [1.82, 2.24) is 4.90 Å². The molecule has 4 nitrogen and oxygen atoms in total. The summed E-state index contributed by atoms with van der Waals surface area (Å²) in [5.74, 6) is 0.812. The molecule has 0 aliphatic rings. The molecule has 17 heavy (non-hydrogen) atoms. The van der Waals surface area contributed by atoms with Crippen LogP contribution in [0.3, 0.4) is 0 Å². The van der Waals surface area contributed by atoms with Gasteiger partial charge in [0.25, 0.3) is 0 Å². The molecule has 0 aliphatic carbocycles. The first kappa shape index (κ1) is 13.6. The molecule has 0 spiro atoms. The Morgan fingerprint density at radius 1 is 1.47 bits per heavy atom. The zero-order valence-electron chi connectivity index (χ0n) is 10.3. The van der Waals surface area contributed by atoms with Gasteiger partial charge in [0.1, 0.15) is 5.75 Å². The average molecular weight is 257 g/mol. The zero-order valence-corrected chi connectivity index (χ0v) is 11.0. The van der Waals surface area contributed by atoms with E-state index >= 15 is 0 Å². The van der Waals surface area contributed by atoms with Crippen molar-refractivity contribution in [2.45, 2.75) is 6.42 Å². The smallest absolute Gasteiger partial charge is 0.223 e. The van der Waals surface area contributed by atoms with E-state index in [-0.39, 0.29) is 5.91 Å². The first-order valence-electron chi connectivity index (χ1n) is 5.32. The van der Waals surface area contributed by atoms with Gasteiger partial charge in [0.05, 0.1) is 17.8 Å². The minimum absolute atomic E-state index is 0.0801. The van der Waals surface area contributed by atoms with E-state index < -0.39 is 0 Å². The number of halogens is 1. The maximum Gasteiger partial charge on any atom is 0.223 e. The Bertz CT molecular complexity index is 394. The molecule has 0 fully saturated rings. The van der Waals surface area contributed by atoms with E-state index in [0.29, 0.717) is 18.0 Å². The number of hydrogen-bond acceptors (Lipinski definition) is 3. The van der Waals surface area contributed by atoms with Gasteiger partial charge in [0, 0.05) is 33.1 Å². The minimum Gasteiger partial charge on any atom is -0.497 e. The summed E-state index contributed by atoms with van der Waals surface area (Å²) in [4.78, 5) is 12.9. The molecule has 1 aromatic carbocycles. The van der Waals surface area contributed by atoms with E-state index in [1.54, 1.807) is 38.2 Å². The number of carbonyl (C=O) groups is 1. The third-order valence-corrected chi connectivity index (χ3v) is 2.66. The van der Waals surface area contributed by atoms with Gasteiger partial charge >= 0.3 is 0 Å². The highest BCUT2D eigenvalue weighted by atomic mass is 35.5. The summed E-state index contributed by atoms with van der Waals surface area (Å²) >= 11 is 6.02. The van der Waals surface area contributed by atoms with Crippen LogP contribution in [0.4, 0.5) is 5.69 Å². The fourth-order valence-electron chi connectivity index (χ4n) is 1.29. The van der Waals surface area contributed by atoms with Crippen LogP contribution in [-0.4, -0.2) is 38.6 Å². The van der Waals surface area contributed by atoms with E-state index in [2.05, 4.69) is 5.32 Å². The molecular weight excluding hydrogens is 240 g/mol. The number of benzene rings is 1. The van der Waals surface area contributed by atoms with Crippen molar-refractivity contribution < 1.29 is 9.53 Å². The van der Waals surface area contributed by atoms with Crippen LogP contribution in [0, 0.1) is 0 Å². The van der Waals surface area contributed by atoms with Crippen LogP contribution in [0.2, 0.25) is 5.02 Å². The molecule has 0 aliphatic heterocycles. The Hall–Kier alpha value is -1.42. The Kier molecular flexibility index (Phi) is 5.10. The Morgan fingerprint density at radius 3 is 2.76 bits per heavy atom. The second-order valence-corrected chi connectivity index (χ2v) is 4.22. The second-order valence-electron chi connectivity index (χ2n) is 3.81. The molecule has 0 aromatic heterocycles. The maximum atomic E-state index is 11.4. The number of nitrogens with one attached hydrogen (secondary N) is 1. The Balaban J connectivity index is 2.54. The predicted molar refractivity (Wildman–Crippen MR) is 69.8 cm³/mol. The second kappa shape index (κ2) is 6.35. The lowest BCUT2D eigenvalue weighted by molar-refractivity contribution is -0.128. The molecule has 0 radical (unpaired) electrons. The molecule has 1 N–H and O–H groups in total. The van der Waals surface area contributed by atoms with Crippen molar-refractivity contribution in [3.63, 3.8) is 0 Å². The molecule has 1 aromatic rings. The number of rotatable bonds is 5. The van der Waals surface area contributed by atoms with E-state index in [1.165, 1.54) is 0 Å². The molecule has 0 saturated carbocycles. The van der Waals surface area contributed by atoms with Crippen LogP contribution >= 0.6 is 11.6 Å². The summed E-state index contributed by atoms with van der Waals surface area (Å²) in [5.41, 5.74) is 0.776. The topological polar surface area (TPSA) is 41.6 Å². The standard InChI is InChI=1S/C12H17ClN2O2/c1-15(2)12(16)6-7-14-11-8-9(17-3)4-5-10(11)13/h4-5,8,14H,6-7H2,1-3H3. The summed E-state index contributed by atoms with van der Waals surface area (Å²) in [5, 5.41) is 3.73. The molecule has 1 amide bonds. The number of hydrogen-bond donors (Lipinski definition) is 1. The van der Waals surface area contributed by atoms with E-state index in [0.717, 1.165) is 11.4 Å². The molecule has 0 bridgehead atoms. The quantitative estimate of drug-likeness (QED) is 0.879. The molecule has 94 valence electrons.